The lowest BCUT2D eigenvalue weighted by atomic mass is 10.1. The van der Waals surface area contributed by atoms with Crippen molar-refractivity contribution in [1.29, 1.82) is 0 Å². The average molecular weight is 296 g/mol. The molecule has 0 saturated carbocycles. The van der Waals surface area contributed by atoms with Gasteiger partial charge in [-0.2, -0.15) is 5.06 Å². The van der Waals surface area contributed by atoms with Crippen LogP contribution in [0.2, 0.25) is 0 Å². The van der Waals surface area contributed by atoms with Crippen molar-refractivity contribution in [2.75, 3.05) is 33.4 Å². The topological polar surface area (TPSA) is 33.7 Å². The van der Waals surface area contributed by atoms with Crippen LogP contribution in [0.15, 0.2) is 12.3 Å². The van der Waals surface area contributed by atoms with Crippen LogP contribution >= 0.6 is 0 Å². The zero-order chi connectivity index (χ0) is 16.3. The van der Waals surface area contributed by atoms with Crippen molar-refractivity contribution in [3.63, 3.8) is 0 Å². The number of nitrogens with zero attached hydrogens (tertiary/aromatic N) is 1. The van der Waals surface area contributed by atoms with Gasteiger partial charge < -0.3 is 10.1 Å². The summed E-state index contributed by atoms with van der Waals surface area (Å²) in [6.07, 6.45) is 6.75. The molecule has 0 fully saturated rings. The van der Waals surface area contributed by atoms with E-state index < -0.39 is 0 Å². The van der Waals surface area contributed by atoms with Crippen LogP contribution in [0.5, 0.6) is 0 Å². The van der Waals surface area contributed by atoms with Crippen LogP contribution in [0, 0.1) is 18.3 Å². The highest BCUT2D eigenvalue weighted by molar-refractivity contribution is 4.93. The Hall–Kier alpha value is -1.02. The van der Waals surface area contributed by atoms with Crippen LogP contribution in [0.25, 0.3) is 0 Å². The van der Waals surface area contributed by atoms with Crippen LogP contribution in [0.3, 0.4) is 0 Å². The summed E-state index contributed by atoms with van der Waals surface area (Å²) in [6, 6.07) is 0. The van der Waals surface area contributed by atoms with Crippen LogP contribution < -0.4 is 5.32 Å². The zero-order valence-corrected chi connectivity index (χ0v) is 14.4. The third kappa shape index (κ3) is 11.3. The highest BCUT2D eigenvalue weighted by Gasteiger charge is 2.18. The minimum Gasteiger partial charge on any atom is -0.386 e. The lowest BCUT2D eigenvalue weighted by molar-refractivity contribution is -0.154. The van der Waals surface area contributed by atoms with Crippen molar-refractivity contribution in [3.8, 4) is 12.3 Å². The third-order valence-corrected chi connectivity index (χ3v) is 3.23. The minimum atomic E-state index is -0.201. The first-order valence-electron chi connectivity index (χ1n) is 7.62. The van der Waals surface area contributed by atoms with Gasteiger partial charge in [0.25, 0.3) is 0 Å². The fraction of sp³-hybridized carbons (Fsp3) is 0.765. The van der Waals surface area contributed by atoms with E-state index in [4.69, 9.17) is 16.0 Å². The van der Waals surface area contributed by atoms with Gasteiger partial charge in [0.15, 0.2) is 0 Å². The zero-order valence-electron chi connectivity index (χ0n) is 14.4. The van der Waals surface area contributed by atoms with E-state index in [-0.39, 0.29) is 5.60 Å². The summed E-state index contributed by atoms with van der Waals surface area (Å²) in [7, 11) is 1.90. The largest absolute Gasteiger partial charge is 0.386 e. The van der Waals surface area contributed by atoms with E-state index >= 15 is 0 Å². The molecule has 0 aromatic rings. The molecule has 0 saturated heterocycles. The number of hydroxylamine groups is 2. The molecule has 0 radical (unpaired) electrons. The van der Waals surface area contributed by atoms with E-state index in [1.165, 1.54) is 0 Å². The molecule has 0 aromatic heterocycles. The predicted molar refractivity (Wildman–Crippen MR) is 88.7 cm³/mol. The number of rotatable bonds is 12. The van der Waals surface area contributed by atoms with Gasteiger partial charge in [0.2, 0.25) is 0 Å². The molecular formula is C17H32N2O2. The molecule has 21 heavy (non-hydrogen) atoms. The van der Waals surface area contributed by atoms with Gasteiger partial charge >= 0.3 is 0 Å². The second kappa shape index (κ2) is 10.7. The normalized spacial score (nSPS) is 11.7. The second-order valence-corrected chi connectivity index (χ2v) is 6.10. The van der Waals surface area contributed by atoms with Crippen molar-refractivity contribution in [2.24, 2.45) is 5.92 Å². The van der Waals surface area contributed by atoms with Crippen LogP contribution in [-0.4, -0.2) is 44.0 Å². The number of terminal acetylenes is 1. The molecule has 0 spiro atoms. The molecule has 0 heterocycles. The number of hydrogen-bond donors (Lipinski definition) is 1. The first-order valence-corrected chi connectivity index (χ1v) is 7.62. The summed E-state index contributed by atoms with van der Waals surface area (Å²) >= 11 is 0. The van der Waals surface area contributed by atoms with Gasteiger partial charge in [-0.25, -0.2) is 0 Å². The SMILES string of the molecule is C#CCCN(C)OCCC(C)(C)OCCNC(=C)C(C)C. The summed E-state index contributed by atoms with van der Waals surface area (Å²) in [5.41, 5.74) is 0.850. The van der Waals surface area contributed by atoms with Gasteiger partial charge in [0, 0.05) is 38.7 Å². The lowest BCUT2D eigenvalue weighted by Crippen LogP contribution is -2.32. The first kappa shape index (κ1) is 20.0. The lowest BCUT2D eigenvalue weighted by Gasteiger charge is -2.27. The maximum atomic E-state index is 5.89. The molecule has 122 valence electrons. The Morgan fingerprint density at radius 1 is 1.38 bits per heavy atom. The molecular weight excluding hydrogens is 264 g/mol. The monoisotopic (exact) mass is 296 g/mol. The Labute approximate surface area is 130 Å². The molecule has 0 bridgehead atoms. The van der Waals surface area contributed by atoms with E-state index in [0.29, 0.717) is 25.6 Å². The van der Waals surface area contributed by atoms with Gasteiger partial charge in [0.1, 0.15) is 0 Å². The molecule has 1 N–H and O–H groups in total. The second-order valence-electron chi connectivity index (χ2n) is 6.10. The minimum absolute atomic E-state index is 0.201. The molecule has 0 rings (SSSR count). The number of hydrogen-bond acceptors (Lipinski definition) is 4. The summed E-state index contributed by atoms with van der Waals surface area (Å²) in [4.78, 5) is 5.58. The highest BCUT2D eigenvalue weighted by Crippen LogP contribution is 2.14. The summed E-state index contributed by atoms with van der Waals surface area (Å²) in [6.45, 7) is 15.2. The molecule has 0 unspecified atom stereocenters. The fourth-order valence-electron chi connectivity index (χ4n) is 1.55. The number of allylic oxidation sites excluding steroid dienone is 1. The van der Waals surface area contributed by atoms with Crippen molar-refractivity contribution >= 4 is 0 Å². The average Bonchev–Trinajstić information content (AvgIpc) is 2.40. The molecule has 4 nitrogen and oxygen atoms in total. The quantitative estimate of drug-likeness (QED) is 0.341. The van der Waals surface area contributed by atoms with E-state index in [1.807, 2.05) is 7.05 Å². The van der Waals surface area contributed by atoms with Crippen LogP contribution in [-0.2, 0) is 9.57 Å². The van der Waals surface area contributed by atoms with Crippen molar-refractivity contribution in [2.45, 2.75) is 46.1 Å². The summed E-state index contributed by atoms with van der Waals surface area (Å²) in [5, 5.41) is 5.06. The van der Waals surface area contributed by atoms with Crippen molar-refractivity contribution in [3.05, 3.63) is 12.3 Å². The van der Waals surface area contributed by atoms with E-state index in [2.05, 4.69) is 45.5 Å². The standard InChI is InChI=1S/C17H32N2O2/c1-8-9-12-19(7)21-13-10-17(5,6)20-14-11-18-16(4)15(2)3/h1,15,18H,4,9-14H2,2-3,5-7H3. The van der Waals surface area contributed by atoms with E-state index in [0.717, 1.165) is 25.2 Å². The Kier molecular flexibility index (Phi) is 10.2. The van der Waals surface area contributed by atoms with Crippen molar-refractivity contribution < 1.29 is 9.57 Å². The maximum Gasteiger partial charge on any atom is 0.0712 e. The molecule has 0 aliphatic carbocycles. The number of ether oxygens (including phenoxy) is 1. The molecule has 0 aliphatic rings. The predicted octanol–water partition coefficient (Wildman–Crippen LogP) is 2.82. The van der Waals surface area contributed by atoms with Gasteiger partial charge in [0.05, 0.1) is 18.8 Å². The fourth-order valence-corrected chi connectivity index (χ4v) is 1.55. The van der Waals surface area contributed by atoms with Crippen molar-refractivity contribution in [1.82, 2.24) is 10.4 Å². The number of nitrogens with one attached hydrogen (secondary N) is 1. The van der Waals surface area contributed by atoms with E-state index in [9.17, 15) is 0 Å². The van der Waals surface area contributed by atoms with Gasteiger partial charge in [-0.3, -0.25) is 4.84 Å². The summed E-state index contributed by atoms with van der Waals surface area (Å²) in [5.74, 6) is 3.05. The first-order chi connectivity index (χ1) is 9.78. The molecule has 0 aromatic carbocycles. The smallest absolute Gasteiger partial charge is 0.0712 e. The van der Waals surface area contributed by atoms with Gasteiger partial charge in [-0.1, -0.05) is 20.4 Å². The molecule has 0 aliphatic heterocycles. The van der Waals surface area contributed by atoms with E-state index in [1.54, 1.807) is 5.06 Å². The molecule has 4 heteroatoms. The van der Waals surface area contributed by atoms with Crippen LogP contribution in [0.4, 0.5) is 0 Å². The van der Waals surface area contributed by atoms with Gasteiger partial charge in [-0.15, -0.1) is 12.3 Å². The van der Waals surface area contributed by atoms with Crippen LogP contribution in [0.1, 0.15) is 40.5 Å². The Morgan fingerprint density at radius 3 is 2.62 bits per heavy atom. The highest BCUT2D eigenvalue weighted by atomic mass is 16.7. The maximum absolute atomic E-state index is 5.89. The molecule has 0 atom stereocenters. The Morgan fingerprint density at radius 2 is 2.05 bits per heavy atom. The van der Waals surface area contributed by atoms with Gasteiger partial charge in [-0.05, 0) is 19.8 Å². The third-order valence-electron chi connectivity index (χ3n) is 3.23. The Balaban J connectivity index is 3.74. The summed E-state index contributed by atoms with van der Waals surface area (Å²) < 4.78 is 5.89. The Bertz CT molecular complexity index is 332. The molecule has 0 amide bonds.